The molecule has 1 unspecified atom stereocenters. The van der Waals surface area contributed by atoms with Crippen LogP contribution in [0, 0.1) is 11.3 Å². The van der Waals surface area contributed by atoms with Gasteiger partial charge in [0.05, 0.1) is 19.8 Å². The van der Waals surface area contributed by atoms with E-state index in [4.69, 9.17) is 29.0 Å². The molecule has 43 heavy (non-hydrogen) atoms. The number of esters is 1. The van der Waals surface area contributed by atoms with Gasteiger partial charge < -0.3 is 24.5 Å². The zero-order valence-electron chi connectivity index (χ0n) is 24.4. The van der Waals surface area contributed by atoms with Gasteiger partial charge in [-0.1, -0.05) is 18.2 Å². The van der Waals surface area contributed by atoms with E-state index in [9.17, 15) is 14.6 Å². The lowest BCUT2D eigenvalue weighted by Crippen LogP contribution is -2.39. The monoisotopic (exact) mass is 615 g/mol. The lowest BCUT2D eigenvalue weighted by Gasteiger charge is -2.28. The van der Waals surface area contributed by atoms with Crippen molar-refractivity contribution in [2.45, 2.75) is 37.8 Å². The number of anilines is 1. The van der Waals surface area contributed by atoms with Gasteiger partial charge in [0.25, 0.3) is 0 Å². The van der Waals surface area contributed by atoms with Gasteiger partial charge in [-0.3, -0.25) is 14.2 Å². The van der Waals surface area contributed by atoms with Gasteiger partial charge in [-0.25, -0.2) is 14.1 Å². The smallest absolute Gasteiger partial charge is 0.459 e. The molecule has 0 amide bonds. The average molecular weight is 616 g/mol. The third-order valence-corrected chi connectivity index (χ3v) is 8.67. The SMILES string of the molecule is CO[C@@](C#N)(CCc1ccc2c(N)ncnn12)COP(=O)(N[C@@H](C)C(=O)OCCCN1CCOCC1)Oc1ccccc1. The number of nitrogen functional groups attached to an aromatic ring is 1. The molecule has 15 heteroatoms. The number of ether oxygens (including phenoxy) is 3. The largest absolute Gasteiger partial charge is 0.464 e. The van der Waals surface area contributed by atoms with E-state index in [1.807, 2.05) is 6.07 Å². The van der Waals surface area contributed by atoms with Crippen LogP contribution in [-0.4, -0.2) is 90.3 Å². The molecule has 0 spiro atoms. The number of nitrogens with zero attached hydrogens (tertiary/aromatic N) is 5. The molecule has 14 nitrogen and oxygen atoms in total. The van der Waals surface area contributed by atoms with Crippen molar-refractivity contribution in [3.8, 4) is 11.8 Å². The first-order chi connectivity index (χ1) is 20.8. The first-order valence-electron chi connectivity index (χ1n) is 14.0. The van der Waals surface area contributed by atoms with E-state index in [0.29, 0.717) is 37.4 Å². The van der Waals surface area contributed by atoms with E-state index in [2.05, 4.69) is 26.1 Å². The molecule has 4 rings (SSSR count). The molecule has 3 heterocycles. The van der Waals surface area contributed by atoms with Crippen LogP contribution in [0.3, 0.4) is 0 Å². The first kappa shape index (κ1) is 32.3. The molecule has 0 aliphatic carbocycles. The number of hydrogen-bond acceptors (Lipinski definition) is 12. The van der Waals surface area contributed by atoms with Gasteiger partial charge in [0.15, 0.2) is 11.4 Å². The van der Waals surface area contributed by atoms with Crippen LogP contribution in [0.4, 0.5) is 5.82 Å². The van der Waals surface area contributed by atoms with Crippen molar-refractivity contribution in [3.05, 3.63) is 54.5 Å². The normalized spacial score (nSPS) is 17.4. The predicted octanol–water partition coefficient (Wildman–Crippen LogP) is 2.60. The molecule has 0 bridgehead atoms. The lowest BCUT2D eigenvalue weighted by molar-refractivity contribution is -0.145. The molecule has 2 aromatic heterocycles. The van der Waals surface area contributed by atoms with Crippen LogP contribution in [0.25, 0.3) is 5.52 Å². The molecule has 1 aliphatic heterocycles. The van der Waals surface area contributed by atoms with Gasteiger partial charge in [-0.05, 0) is 50.5 Å². The van der Waals surface area contributed by atoms with Crippen molar-refractivity contribution < 1.29 is 32.6 Å². The van der Waals surface area contributed by atoms with Crippen molar-refractivity contribution in [2.75, 3.05) is 58.9 Å². The number of carbonyl (C=O) groups is 1. The van der Waals surface area contributed by atoms with Gasteiger partial charge in [0.2, 0.25) is 0 Å². The molecule has 1 saturated heterocycles. The third-order valence-electron chi connectivity index (χ3n) is 7.05. The molecular weight excluding hydrogens is 577 g/mol. The highest BCUT2D eigenvalue weighted by molar-refractivity contribution is 7.52. The van der Waals surface area contributed by atoms with Crippen LogP contribution in [0.2, 0.25) is 0 Å². The molecular formula is C28H38N7O7P. The second-order valence-corrected chi connectivity index (χ2v) is 11.8. The summed E-state index contributed by atoms with van der Waals surface area (Å²) in [5.41, 5.74) is 5.84. The molecule has 3 aromatic rings. The maximum absolute atomic E-state index is 14.0. The van der Waals surface area contributed by atoms with Gasteiger partial charge in [0.1, 0.15) is 36.3 Å². The fraction of sp³-hybridized carbons (Fsp3) is 0.500. The van der Waals surface area contributed by atoms with Gasteiger partial charge in [-0.2, -0.15) is 15.4 Å². The highest BCUT2D eigenvalue weighted by atomic mass is 31.2. The maximum Gasteiger partial charge on any atom is 0.459 e. The summed E-state index contributed by atoms with van der Waals surface area (Å²) >= 11 is 0. The van der Waals surface area contributed by atoms with Crippen molar-refractivity contribution in [1.29, 1.82) is 5.26 Å². The van der Waals surface area contributed by atoms with Crippen LogP contribution < -0.4 is 15.3 Å². The minimum atomic E-state index is -4.21. The molecule has 3 N–H and O–H groups in total. The summed E-state index contributed by atoms with van der Waals surface area (Å²) < 4.78 is 43.5. The number of fused-ring (bicyclic) bond motifs is 1. The van der Waals surface area contributed by atoms with Crippen molar-refractivity contribution in [1.82, 2.24) is 24.6 Å². The predicted molar refractivity (Wildman–Crippen MR) is 157 cm³/mol. The highest BCUT2D eigenvalue weighted by Gasteiger charge is 2.38. The maximum atomic E-state index is 14.0. The minimum Gasteiger partial charge on any atom is -0.464 e. The molecule has 1 aromatic carbocycles. The Kier molecular flexibility index (Phi) is 11.5. The average Bonchev–Trinajstić information content (AvgIpc) is 3.45. The van der Waals surface area contributed by atoms with E-state index in [0.717, 1.165) is 25.3 Å². The van der Waals surface area contributed by atoms with E-state index < -0.39 is 32.0 Å². The van der Waals surface area contributed by atoms with Crippen LogP contribution in [-0.2, 0) is 34.5 Å². The number of aromatic nitrogens is 3. The number of hydrogen-bond donors (Lipinski definition) is 2. The van der Waals surface area contributed by atoms with Crippen LogP contribution in [0.5, 0.6) is 5.75 Å². The Morgan fingerprint density at radius 1 is 1.26 bits per heavy atom. The zero-order valence-corrected chi connectivity index (χ0v) is 25.3. The van der Waals surface area contributed by atoms with Crippen molar-refractivity contribution >= 4 is 25.1 Å². The summed E-state index contributed by atoms with van der Waals surface area (Å²) in [6.45, 7) is 5.16. The highest BCUT2D eigenvalue weighted by Crippen LogP contribution is 2.46. The quantitative estimate of drug-likeness (QED) is 0.137. The Bertz CT molecular complexity index is 1430. The molecule has 1 aliphatic rings. The number of benzene rings is 1. The molecule has 3 atom stereocenters. The number of carbonyl (C=O) groups excluding carboxylic acids is 1. The number of para-hydroxylation sites is 1. The van der Waals surface area contributed by atoms with Crippen molar-refractivity contribution in [3.63, 3.8) is 0 Å². The summed E-state index contributed by atoms with van der Waals surface area (Å²) in [4.78, 5) is 19.0. The molecule has 232 valence electrons. The number of aryl methyl sites for hydroxylation is 1. The van der Waals surface area contributed by atoms with Gasteiger partial charge in [-0.15, -0.1) is 0 Å². The Labute approximate surface area is 250 Å². The number of nitriles is 1. The van der Waals surface area contributed by atoms with E-state index in [1.54, 1.807) is 40.9 Å². The van der Waals surface area contributed by atoms with E-state index >= 15 is 0 Å². The molecule has 0 radical (unpaired) electrons. The number of nitrogens with one attached hydrogen (secondary N) is 1. The van der Waals surface area contributed by atoms with Crippen molar-refractivity contribution in [2.24, 2.45) is 0 Å². The van der Waals surface area contributed by atoms with Crippen LogP contribution >= 0.6 is 7.75 Å². The summed E-state index contributed by atoms with van der Waals surface area (Å²) in [6.07, 6.45) is 2.53. The first-order valence-corrected chi connectivity index (χ1v) is 15.6. The summed E-state index contributed by atoms with van der Waals surface area (Å²) in [6, 6.07) is 13.1. The Hall–Kier alpha value is -3.57. The lowest BCUT2D eigenvalue weighted by atomic mass is 9.99. The Morgan fingerprint density at radius 2 is 2.02 bits per heavy atom. The van der Waals surface area contributed by atoms with Crippen LogP contribution in [0.15, 0.2) is 48.8 Å². The summed E-state index contributed by atoms with van der Waals surface area (Å²) in [5, 5.41) is 17.0. The van der Waals surface area contributed by atoms with E-state index in [1.165, 1.54) is 20.4 Å². The zero-order chi connectivity index (χ0) is 30.7. The summed E-state index contributed by atoms with van der Waals surface area (Å²) in [7, 11) is -2.84. The number of morpholine rings is 1. The minimum absolute atomic E-state index is 0.169. The topological polar surface area (TPSA) is 176 Å². The third kappa shape index (κ3) is 8.96. The second kappa shape index (κ2) is 15.2. The van der Waals surface area contributed by atoms with E-state index in [-0.39, 0.29) is 18.8 Å². The second-order valence-electron chi connectivity index (χ2n) is 10.1. The van der Waals surface area contributed by atoms with Crippen LogP contribution in [0.1, 0.15) is 25.5 Å². The number of methoxy groups -OCH3 is 1. The number of rotatable bonds is 16. The Morgan fingerprint density at radius 3 is 2.74 bits per heavy atom. The number of nitrogens with two attached hydrogens (primary N) is 1. The van der Waals surface area contributed by atoms with Gasteiger partial charge in [0, 0.05) is 32.4 Å². The molecule has 1 fully saturated rings. The molecule has 0 saturated carbocycles. The summed E-state index contributed by atoms with van der Waals surface area (Å²) in [5.74, 6) is -0.0267. The Balaban J connectivity index is 1.39. The standard InChI is InChI=1S/C28H38N7O7P/c1-22(27(36)40-16-6-13-34-14-17-39-18-15-34)33-43(37,42-24-7-4-3-5-8-24)41-20-28(19-29,38-2)12-11-23-9-10-25-26(30)31-21-32-35(23)25/h3-5,7-10,21-22H,6,11-18,20H2,1-2H3,(H,33,37)(H2,30,31,32)/t22-,28+,43?/m0/s1. The fourth-order valence-corrected chi connectivity index (χ4v) is 6.03. The fourth-order valence-electron chi connectivity index (χ4n) is 4.49. The van der Waals surface area contributed by atoms with Gasteiger partial charge >= 0.3 is 13.7 Å².